The third-order valence-corrected chi connectivity index (χ3v) is 28.2. The van der Waals surface area contributed by atoms with E-state index < -0.39 is 0 Å². The number of hydrogen-bond donors (Lipinski definition) is 0. The Labute approximate surface area is 591 Å². The van der Waals surface area contributed by atoms with Crippen LogP contribution in [0.5, 0.6) is 0 Å². The van der Waals surface area contributed by atoms with Gasteiger partial charge < -0.3 is 14.6 Å². The van der Waals surface area contributed by atoms with Gasteiger partial charge in [0.05, 0.1) is 0 Å². The fourth-order valence-electron chi connectivity index (χ4n) is 19.3. The predicted molar refractivity (Wildman–Crippen MR) is 427 cm³/mol. The summed E-state index contributed by atoms with van der Waals surface area (Å²) in [5.41, 5.74) is 29.6. The van der Waals surface area contributed by atoms with Crippen LogP contribution in [-0.2, 0) is 43.3 Å². The first kappa shape index (κ1) is 62.4. The summed E-state index contributed by atoms with van der Waals surface area (Å²) in [7, 11) is 0. The van der Waals surface area contributed by atoms with Gasteiger partial charge in [-0.3, -0.25) is 0 Å². The highest BCUT2D eigenvalue weighted by Gasteiger charge is 2.51. The van der Waals surface area contributed by atoms with Crippen molar-refractivity contribution in [2.75, 3.05) is 14.6 Å². The van der Waals surface area contributed by atoms with E-state index in [0.717, 1.165) is 42.7 Å². The summed E-state index contributed by atoms with van der Waals surface area (Å²) in [4.78, 5) is 8.29. The Balaban J connectivity index is 1.01. The number of benzene rings is 10. The zero-order valence-electron chi connectivity index (χ0n) is 60.7. The first-order chi connectivity index (χ1) is 46.5. The summed E-state index contributed by atoms with van der Waals surface area (Å²) in [6.07, 6.45) is 9.25. The minimum atomic E-state index is -0.185. The number of thiophene rings is 2. The molecule has 0 atom stereocenters. The van der Waals surface area contributed by atoms with Crippen molar-refractivity contribution in [3.8, 4) is 22.3 Å². The Morgan fingerprint density at radius 1 is 0.327 bits per heavy atom. The second-order valence-corrected chi connectivity index (χ2v) is 38.0. The average Bonchev–Trinajstić information content (AvgIpc) is 0.997. The molecule has 0 saturated carbocycles. The van der Waals surface area contributed by atoms with Gasteiger partial charge in [-0.15, -0.1) is 22.7 Å². The molecule has 18 rings (SSSR count). The Bertz CT molecular complexity index is 5390. The van der Waals surface area contributed by atoms with Crippen LogP contribution in [0.3, 0.4) is 0 Å². The van der Waals surface area contributed by atoms with Crippen LogP contribution in [0.1, 0.15) is 207 Å². The summed E-state index contributed by atoms with van der Waals surface area (Å²) in [5.74, 6) is 0. The van der Waals surface area contributed by atoms with Crippen molar-refractivity contribution in [1.29, 1.82) is 0 Å². The Morgan fingerprint density at radius 3 is 1.49 bits per heavy atom. The van der Waals surface area contributed by atoms with E-state index in [2.05, 4.69) is 307 Å². The van der Waals surface area contributed by atoms with Crippen LogP contribution in [0.15, 0.2) is 182 Å². The molecule has 0 N–H and O–H groups in total. The third kappa shape index (κ3) is 9.23. The zero-order chi connectivity index (χ0) is 67.9. The quantitative estimate of drug-likeness (QED) is 0.154. The first-order valence-corrected chi connectivity index (χ1v) is 38.3. The van der Waals surface area contributed by atoms with Crippen LogP contribution >= 0.6 is 22.7 Å². The molecule has 0 bridgehead atoms. The number of anilines is 8. The molecule has 2 aliphatic heterocycles. The van der Waals surface area contributed by atoms with E-state index in [1.807, 2.05) is 22.7 Å². The summed E-state index contributed by atoms with van der Waals surface area (Å²) >= 11 is 3.94. The molecular formula is C92H94BN3S2. The lowest BCUT2D eigenvalue weighted by Crippen LogP contribution is -2.62. The summed E-state index contributed by atoms with van der Waals surface area (Å²) in [6, 6.07) is 73.3. The van der Waals surface area contributed by atoms with Crippen LogP contribution in [0.2, 0.25) is 0 Å². The van der Waals surface area contributed by atoms with Gasteiger partial charge in [0.2, 0.25) is 0 Å². The van der Waals surface area contributed by atoms with E-state index in [0.29, 0.717) is 0 Å². The molecule has 0 unspecified atom stereocenters. The van der Waals surface area contributed by atoms with Crippen molar-refractivity contribution >= 4 is 126 Å². The van der Waals surface area contributed by atoms with Gasteiger partial charge in [0.25, 0.3) is 0 Å². The fourth-order valence-corrected chi connectivity index (χ4v) is 21.7. The van der Waals surface area contributed by atoms with E-state index in [-0.39, 0.29) is 50.2 Å². The molecule has 98 heavy (non-hydrogen) atoms. The third-order valence-electron chi connectivity index (χ3n) is 25.9. The van der Waals surface area contributed by atoms with Gasteiger partial charge in [-0.2, -0.15) is 0 Å². The maximum Gasteiger partial charge on any atom is 0.333 e. The molecule has 0 saturated heterocycles. The lowest BCUT2D eigenvalue weighted by molar-refractivity contribution is 0.332. The largest absolute Gasteiger partial charge is 0.376 e. The zero-order valence-corrected chi connectivity index (χ0v) is 62.3. The lowest BCUT2D eigenvalue weighted by Gasteiger charge is -2.49. The summed E-state index contributed by atoms with van der Waals surface area (Å²) in [6.45, 7) is 39.9. The van der Waals surface area contributed by atoms with Gasteiger partial charge in [0, 0.05) is 91.4 Å². The molecule has 3 nitrogen and oxygen atoms in total. The molecule has 0 radical (unpaired) electrons. The van der Waals surface area contributed by atoms with Gasteiger partial charge in [-0.1, -0.05) is 202 Å². The Hall–Kier alpha value is -7.90. The Kier molecular flexibility index (Phi) is 13.3. The van der Waals surface area contributed by atoms with Crippen molar-refractivity contribution in [2.45, 2.75) is 205 Å². The summed E-state index contributed by atoms with van der Waals surface area (Å²) in [5, 5.41) is 5.35. The highest BCUT2D eigenvalue weighted by molar-refractivity contribution is 7.26. The molecule has 0 fully saturated rings. The lowest BCUT2D eigenvalue weighted by atomic mass is 9.42. The maximum atomic E-state index is 2.87. The summed E-state index contributed by atoms with van der Waals surface area (Å²) < 4.78 is 5.35. The van der Waals surface area contributed by atoms with Gasteiger partial charge in [0.1, 0.15) is 0 Å². The van der Waals surface area contributed by atoms with E-state index in [1.54, 1.807) is 0 Å². The normalized spacial score (nSPS) is 19.7. The molecular weight excluding hydrogens is 1220 g/mol. The van der Waals surface area contributed by atoms with Crippen molar-refractivity contribution in [3.63, 3.8) is 0 Å². The second kappa shape index (κ2) is 20.9. The SMILES string of the molecule is CC1(C)CCC(C)(C)c2cc(N3B4c5cc6c(cc5N(c5ccc7c(c5)C(C)(C)CCC7(C)C)c5cc(N(c7cccc(-c8ccccc8)c7)c7ccc8c(c7)sc7ccccc78)cc(c54)-c4c3ccc3c4sc4cc5c(cc43)C(C)(C)CCC5(C)C)C(C)(C)CCC6(C)C)ccc21. The number of hydrogen-bond acceptors (Lipinski definition) is 5. The van der Waals surface area contributed by atoms with Crippen LogP contribution in [0, 0.1) is 0 Å². The van der Waals surface area contributed by atoms with Crippen molar-refractivity contribution < 1.29 is 0 Å². The maximum absolute atomic E-state index is 2.87. The van der Waals surface area contributed by atoms with Crippen LogP contribution < -0.4 is 25.5 Å². The molecule has 6 heteroatoms. The number of fused-ring (bicyclic) bond motifs is 15. The predicted octanol–water partition coefficient (Wildman–Crippen LogP) is 25.7. The van der Waals surface area contributed by atoms with Crippen molar-refractivity contribution in [1.82, 2.24) is 0 Å². The smallest absolute Gasteiger partial charge is 0.333 e. The van der Waals surface area contributed by atoms with Crippen LogP contribution in [-0.4, -0.2) is 6.85 Å². The average molecular weight is 1320 g/mol. The van der Waals surface area contributed by atoms with E-state index in [1.165, 1.54) is 172 Å². The second-order valence-electron chi connectivity index (χ2n) is 35.9. The highest BCUT2D eigenvalue weighted by atomic mass is 32.1. The minimum Gasteiger partial charge on any atom is -0.376 e. The molecule has 4 aliphatic carbocycles. The van der Waals surface area contributed by atoms with Gasteiger partial charge in [-0.25, -0.2) is 0 Å². The van der Waals surface area contributed by atoms with Crippen molar-refractivity contribution in [3.05, 3.63) is 226 Å². The Morgan fingerprint density at radius 2 is 0.837 bits per heavy atom. The van der Waals surface area contributed by atoms with Crippen molar-refractivity contribution in [2.24, 2.45) is 0 Å². The van der Waals surface area contributed by atoms with Crippen LogP contribution in [0.4, 0.5) is 45.5 Å². The van der Waals surface area contributed by atoms with E-state index in [9.17, 15) is 0 Å². The first-order valence-electron chi connectivity index (χ1n) is 36.7. The van der Waals surface area contributed by atoms with Gasteiger partial charge >= 0.3 is 6.85 Å². The van der Waals surface area contributed by atoms with Crippen LogP contribution in [0.25, 0.3) is 62.6 Å². The highest BCUT2D eigenvalue weighted by Crippen LogP contribution is 2.59. The molecule has 12 aromatic rings. The number of nitrogens with zero attached hydrogens (tertiary/aromatic N) is 3. The molecule has 4 heterocycles. The van der Waals surface area contributed by atoms with E-state index in [4.69, 9.17) is 0 Å². The molecule has 6 aliphatic rings. The molecule has 2 aromatic heterocycles. The monoisotopic (exact) mass is 1320 g/mol. The fraction of sp³-hybridized carbons (Fsp3) is 0.348. The van der Waals surface area contributed by atoms with E-state index >= 15 is 0 Å². The molecule has 0 spiro atoms. The number of rotatable bonds is 6. The van der Waals surface area contributed by atoms with Gasteiger partial charge in [-0.05, 0) is 258 Å². The molecule has 10 aromatic carbocycles. The standard InChI is InChI=1S/C92H94BN3S2/c1-85(2)37-39-87(5,6)69-47-58(30-34-67(69)85)95-77-53-73-72(90(11,12)42-43-91(73,13)14)52-75(77)93-83-66(46-61(49-78(83)95)94(57-26-22-25-56(45-57)55-23-18-17-19-24-55)59-29-32-63-62-27-20-21-28-79(62)97-80(63)50-59)82-76(96(93)60-31-35-68-70(48-60)88(7,8)40-38-86(68,3)4)36-33-64-65-51-71-74(54-81(65)98-84(64)82)92(15,16)44-41-89(71,9)10/h17-36,45-54H,37-44H2,1-16H3. The molecule has 0 amide bonds. The minimum absolute atomic E-state index is 0.00157. The topological polar surface area (TPSA) is 9.72 Å². The molecule has 492 valence electrons. The van der Waals surface area contributed by atoms with Gasteiger partial charge in [0.15, 0.2) is 0 Å².